The quantitative estimate of drug-likeness (QED) is 0.764. The fraction of sp³-hybridized carbons (Fsp3) is 0.100. The minimum atomic E-state index is -0.515. The second kappa shape index (κ2) is 4.60. The van der Waals surface area contributed by atoms with Gasteiger partial charge in [-0.2, -0.15) is 0 Å². The lowest BCUT2D eigenvalue weighted by Gasteiger charge is -2.06. The number of carbonyl (C=O) groups excluding carboxylic acids is 1. The van der Waals surface area contributed by atoms with Gasteiger partial charge in [0.1, 0.15) is 12.4 Å². The molecule has 0 radical (unpaired) electrons. The van der Waals surface area contributed by atoms with Crippen molar-refractivity contribution in [3.63, 3.8) is 0 Å². The van der Waals surface area contributed by atoms with Gasteiger partial charge < -0.3 is 11.1 Å². The molecule has 6 nitrogen and oxygen atoms in total. The maximum absolute atomic E-state index is 12.9. The van der Waals surface area contributed by atoms with Crippen molar-refractivity contribution < 1.29 is 9.18 Å². The number of halogens is 1. The van der Waals surface area contributed by atoms with Gasteiger partial charge in [-0.25, -0.2) is 9.07 Å². The number of benzene rings is 1. The lowest BCUT2D eigenvalue weighted by molar-refractivity contribution is -0.116. The second-order valence-electron chi connectivity index (χ2n) is 3.39. The molecule has 0 atom stereocenters. The fourth-order valence-corrected chi connectivity index (χ4v) is 1.29. The SMILES string of the molecule is Nc1cc(NC(=O)Cn2ccnn2)ccc1F. The normalized spacial score (nSPS) is 10.2. The summed E-state index contributed by atoms with van der Waals surface area (Å²) in [6.45, 7) is 0.0390. The Balaban J connectivity index is 2.00. The molecule has 3 N–H and O–H groups in total. The Morgan fingerprint density at radius 3 is 3.00 bits per heavy atom. The summed E-state index contributed by atoms with van der Waals surface area (Å²) in [7, 11) is 0. The van der Waals surface area contributed by atoms with Gasteiger partial charge in [-0.05, 0) is 18.2 Å². The van der Waals surface area contributed by atoms with E-state index >= 15 is 0 Å². The van der Waals surface area contributed by atoms with Crippen LogP contribution in [-0.4, -0.2) is 20.9 Å². The number of nitrogens with one attached hydrogen (secondary N) is 1. The molecule has 0 aliphatic carbocycles. The molecule has 0 unspecified atom stereocenters. The zero-order chi connectivity index (χ0) is 12.3. The molecule has 0 saturated carbocycles. The minimum Gasteiger partial charge on any atom is -0.396 e. The second-order valence-corrected chi connectivity index (χ2v) is 3.39. The van der Waals surface area contributed by atoms with E-state index in [0.29, 0.717) is 5.69 Å². The monoisotopic (exact) mass is 235 g/mol. The van der Waals surface area contributed by atoms with Gasteiger partial charge in [0.05, 0.1) is 11.9 Å². The van der Waals surface area contributed by atoms with Gasteiger partial charge in [0, 0.05) is 11.9 Å². The summed E-state index contributed by atoms with van der Waals surface area (Å²) >= 11 is 0. The number of hydrogen-bond donors (Lipinski definition) is 2. The molecule has 1 aromatic carbocycles. The zero-order valence-electron chi connectivity index (χ0n) is 8.80. The van der Waals surface area contributed by atoms with Crippen LogP contribution in [0.4, 0.5) is 15.8 Å². The Labute approximate surface area is 96.2 Å². The molecule has 2 rings (SSSR count). The van der Waals surface area contributed by atoms with Crippen molar-refractivity contribution in [1.82, 2.24) is 15.0 Å². The third kappa shape index (κ3) is 2.77. The summed E-state index contributed by atoms with van der Waals surface area (Å²) in [6, 6.07) is 3.99. The molecule has 1 amide bonds. The predicted octanol–water partition coefficient (Wildman–Crippen LogP) is 0.638. The minimum absolute atomic E-state index is 0.0106. The molecule has 0 aliphatic rings. The van der Waals surface area contributed by atoms with Gasteiger partial charge in [0.25, 0.3) is 0 Å². The van der Waals surface area contributed by atoms with Crippen LogP contribution in [0, 0.1) is 5.82 Å². The molecular formula is C10H10FN5O. The molecule has 17 heavy (non-hydrogen) atoms. The highest BCUT2D eigenvalue weighted by Crippen LogP contribution is 2.16. The van der Waals surface area contributed by atoms with Crippen LogP contribution in [0.3, 0.4) is 0 Å². The highest BCUT2D eigenvalue weighted by Gasteiger charge is 2.05. The van der Waals surface area contributed by atoms with Gasteiger partial charge in [-0.15, -0.1) is 5.10 Å². The van der Waals surface area contributed by atoms with E-state index in [1.165, 1.54) is 29.1 Å². The van der Waals surface area contributed by atoms with E-state index in [0.717, 1.165) is 0 Å². The summed E-state index contributed by atoms with van der Waals surface area (Å²) in [5, 5.41) is 9.80. The zero-order valence-corrected chi connectivity index (χ0v) is 8.80. The van der Waals surface area contributed by atoms with Crippen LogP contribution in [0.15, 0.2) is 30.6 Å². The fourth-order valence-electron chi connectivity index (χ4n) is 1.29. The summed E-state index contributed by atoms with van der Waals surface area (Å²) in [6.07, 6.45) is 3.04. The van der Waals surface area contributed by atoms with E-state index in [1.807, 2.05) is 0 Å². The number of nitrogen functional groups attached to an aromatic ring is 1. The number of anilines is 2. The third-order valence-corrected chi connectivity index (χ3v) is 2.06. The summed E-state index contributed by atoms with van der Waals surface area (Å²) < 4.78 is 14.3. The first kappa shape index (κ1) is 11.1. The molecule has 2 aromatic rings. The van der Waals surface area contributed by atoms with Crippen LogP contribution in [0.5, 0.6) is 0 Å². The van der Waals surface area contributed by atoms with Crippen molar-refractivity contribution in [3.05, 3.63) is 36.4 Å². The molecule has 7 heteroatoms. The maximum atomic E-state index is 12.9. The number of nitrogens with two attached hydrogens (primary N) is 1. The number of rotatable bonds is 3. The molecule has 1 aromatic heterocycles. The van der Waals surface area contributed by atoms with Crippen molar-refractivity contribution in [3.8, 4) is 0 Å². The Morgan fingerprint density at radius 1 is 1.53 bits per heavy atom. The molecule has 0 aliphatic heterocycles. The number of hydrogen-bond acceptors (Lipinski definition) is 4. The lowest BCUT2D eigenvalue weighted by Crippen LogP contribution is -2.19. The number of amides is 1. The van der Waals surface area contributed by atoms with Gasteiger partial charge in [0.15, 0.2) is 0 Å². The first-order valence-electron chi connectivity index (χ1n) is 4.84. The van der Waals surface area contributed by atoms with Gasteiger partial charge in [-0.1, -0.05) is 5.21 Å². The van der Waals surface area contributed by atoms with Gasteiger partial charge in [-0.3, -0.25) is 4.79 Å². The number of carbonyl (C=O) groups is 1. The van der Waals surface area contributed by atoms with Crippen LogP contribution < -0.4 is 11.1 Å². The van der Waals surface area contributed by atoms with Crippen LogP contribution in [0.1, 0.15) is 0 Å². The van der Waals surface area contributed by atoms with Crippen molar-refractivity contribution >= 4 is 17.3 Å². The maximum Gasteiger partial charge on any atom is 0.246 e. The van der Waals surface area contributed by atoms with E-state index in [1.54, 1.807) is 6.20 Å². The Morgan fingerprint density at radius 2 is 2.35 bits per heavy atom. The molecule has 0 spiro atoms. The Bertz CT molecular complexity index is 525. The Hall–Kier alpha value is -2.44. The summed E-state index contributed by atoms with van der Waals surface area (Å²) in [4.78, 5) is 11.5. The Kier molecular flexibility index (Phi) is 2.99. The lowest BCUT2D eigenvalue weighted by atomic mass is 10.2. The topological polar surface area (TPSA) is 85.8 Å². The highest BCUT2D eigenvalue weighted by molar-refractivity contribution is 5.90. The van der Waals surface area contributed by atoms with E-state index in [9.17, 15) is 9.18 Å². The predicted molar refractivity (Wildman–Crippen MR) is 59.5 cm³/mol. The smallest absolute Gasteiger partial charge is 0.246 e. The first-order chi connectivity index (χ1) is 8.15. The third-order valence-electron chi connectivity index (χ3n) is 2.06. The molecule has 88 valence electrons. The van der Waals surface area contributed by atoms with Crippen molar-refractivity contribution in [2.24, 2.45) is 0 Å². The van der Waals surface area contributed by atoms with E-state index in [4.69, 9.17) is 5.73 Å². The molecular weight excluding hydrogens is 225 g/mol. The van der Waals surface area contributed by atoms with Crippen molar-refractivity contribution in [1.29, 1.82) is 0 Å². The average molecular weight is 235 g/mol. The molecule has 0 bridgehead atoms. The molecule has 0 saturated heterocycles. The van der Waals surface area contributed by atoms with Crippen molar-refractivity contribution in [2.45, 2.75) is 6.54 Å². The van der Waals surface area contributed by atoms with E-state index < -0.39 is 5.82 Å². The van der Waals surface area contributed by atoms with Crippen LogP contribution in [-0.2, 0) is 11.3 Å². The highest BCUT2D eigenvalue weighted by atomic mass is 19.1. The standard InChI is InChI=1S/C10H10FN5O/c11-8-2-1-7(5-9(8)12)14-10(17)6-16-4-3-13-15-16/h1-5H,6,12H2,(H,14,17). The first-order valence-corrected chi connectivity index (χ1v) is 4.84. The van der Waals surface area contributed by atoms with Crippen LogP contribution in [0.2, 0.25) is 0 Å². The molecule has 0 fully saturated rings. The van der Waals surface area contributed by atoms with Crippen LogP contribution in [0.25, 0.3) is 0 Å². The number of aromatic nitrogens is 3. The summed E-state index contributed by atoms with van der Waals surface area (Å²) in [5.41, 5.74) is 5.81. The van der Waals surface area contributed by atoms with Gasteiger partial charge in [0.2, 0.25) is 5.91 Å². The largest absolute Gasteiger partial charge is 0.396 e. The summed E-state index contributed by atoms with van der Waals surface area (Å²) in [5.74, 6) is -0.805. The van der Waals surface area contributed by atoms with E-state index in [-0.39, 0.29) is 18.1 Å². The van der Waals surface area contributed by atoms with Gasteiger partial charge >= 0.3 is 0 Å². The van der Waals surface area contributed by atoms with Crippen molar-refractivity contribution in [2.75, 3.05) is 11.1 Å². The van der Waals surface area contributed by atoms with E-state index in [2.05, 4.69) is 15.6 Å². The van der Waals surface area contributed by atoms with Crippen LogP contribution >= 0.6 is 0 Å². The average Bonchev–Trinajstić information content (AvgIpc) is 2.76. The molecule has 1 heterocycles. The number of nitrogens with zero attached hydrogens (tertiary/aromatic N) is 3.